The van der Waals surface area contributed by atoms with E-state index in [9.17, 15) is 14.7 Å². The minimum atomic E-state index is -1.32. The topological polar surface area (TPSA) is 69.7 Å². The summed E-state index contributed by atoms with van der Waals surface area (Å²) in [5.41, 5.74) is -0.392. The van der Waals surface area contributed by atoms with Crippen LogP contribution < -0.4 is 5.11 Å². The number of carboxylic acids is 1. The first-order valence-corrected chi connectivity index (χ1v) is 8.44. The largest absolute Gasteiger partial charge is 0.548 e. The van der Waals surface area contributed by atoms with Gasteiger partial charge in [0.2, 0.25) is 0 Å². The Morgan fingerprint density at radius 3 is 2.50 bits per heavy atom. The molecule has 2 rings (SSSR count). The first-order chi connectivity index (χ1) is 11.2. The molecule has 0 saturated carbocycles. The number of nitrogens with zero attached hydrogens (tertiary/aromatic N) is 1. The Morgan fingerprint density at radius 1 is 1.25 bits per heavy atom. The monoisotopic (exact) mass is 332 g/mol. The fourth-order valence-corrected chi connectivity index (χ4v) is 3.07. The van der Waals surface area contributed by atoms with Crippen molar-refractivity contribution in [3.05, 3.63) is 35.9 Å². The Hall–Kier alpha value is -2.04. The van der Waals surface area contributed by atoms with Gasteiger partial charge >= 0.3 is 6.09 Å². The summed E-state index contributed by atoms with van der Waals surface area (Å²) in [6, 6.07) is 9.33. The van der Waals surface area contributed by atoms with Crippen molar-refractivity contribution in [2.24, 2.45) is 5.41 Å². The zero-order valence-corrected chi connectivity index (χ0v) is 14.7. The molecule has 1 aliphatic heterocycles. The minimum absolute atomic E-state index is 0.0563. The molecular weight excluding hydrogens is 306 g/mol. The lowest BCUT2D eigenvalue weighted by Gasteiger charge is -2.39. The third kappa shape index (κ3) is 4.28. The van der Waals surface area contributed by atoms with Gasteiger partial charge in [-0.2, -0.15) is 0 Å². The summed E-state index contributed by atoms with van der Waals surface area (Å²) in [6.45, 7) is 6.87. The van der Waals surface area contributed by atoms with Crippen molar-refractivity contribution in [1.29, 1.82) is 0 Å². The Balaban J connectivity index is 2.12. The predicted molar refractivity (Wildman–Crippen MR) is 89.2 cm³/mol. The first-order valence-electron chi connectivity index (χ1n) is 8.44. The third-order valence-electron chi connectivity index (χ3n) is 4.51. The van der Waals surface area contributed by atoms with Gasteiger partial charge in [-0.05, 0) is 30.2 Å². The van der Waals surface area contributed by atoms with Crippen LogP contribution in [-0.4, -0.2) is 35.7 Å². The van der Waals surface area contributed by atoms with Gasteiger partial charge in [0, 0.05) is 13.0 Å². The highest BCUT2D eigenvalue weighted by Crippen LogP contribution is 2.33. The molecule has 0 aliphatic carbocycles. The Labute approximate surface area is 143 Å². The van der Waals surface area contributed by atoms with Crippen LogP contribution >= 0.6 is 0 Å². The summed E-state index contributed by atoms with van der Waals surface area (Å²) in [4.78, 5) is 25.7. The molecule has 0 spiro atoms. The third-order valence-corrected chi connectivity index (χ3v) is 4.51. The Morgan fingerprint density at radius 2 is 1.92 bits per heavy atom. The standard InChI is InChI=1S/C19H27NO4/c1-18(2,3)11-13-24-17(23)20-12-7-10-19(20,16(21)22)14-15-8-5-4-6-9-15/h4-6,8-9H,7,10-14H2,1-3H3,(H,21,22)/p-1/t19-/m0/s1. The molecule has 0 bridgehead atoms. The van der Waals surface area contributed by atoms with Crippen molar-refractivity contribution < 1.29 is 19.4 Å². The molecule has 1 aliphatic rings. The SMILES string of the molecule is CC(C)(C)CCOC(=O)N1CCC[C@]1(Cc1ccccc1)C(=O)[O-]. The van der Waals surface area contributed by atoms with Crippen molar-refractivity contribution in [2.75, 3.05) is 13.2 Å². The second-order valence-corrected chi connectivity index (χ2v) is 7.66. The van der Waals surface area contributed by atoms with E-state index in [1.165, 1.54) is 4.90 Å². The van der Waals surface area contributed by atoms with E-state index in [0.717, 1.165) is 12.0 Å². The van der Waals surface area contributed by atoms with Gasteiger partial charge in [-0.1, -0.05) is 51.1 Å². The maximum Gasteiger partial charge on any atom is 0.410 e. The maximum atomic E-state index is 12.5. The van der Waals surface area contributed by atoms with E-state index in [1.54, 1.807) is 0 Å². The van der Waals surface area contributed by atoms with Crippen LogP contribution in [0.15, 0.2) is 30.3 Å². The van der Waals surface area contributed by atoms with Crippen LogP contribution in [0.2, 0.25) is 0 Å². The zero-order chi connectivity index (χ0) is 17.8. The quantitative estimate of drug-likeness (QED) is 0.830. The van der Waals surface area contributed by atoms with Crippen molar-refractivity contribution in [1.82, 2.24) is 4.90 Å². The molecule has 1 heterocycles. The van der Waals surface area contributed by atoms with Gasteiger partial charge in [-0.15, -0.1) is 0 Å². The number of ether oxygens (including phenoxy) is 1. The molecule has 1 aromatic carbocycles. The van der Waals surface area contributed by atoms with Gasteiger partial charge < -0.3 is 14.6 Å². The molecule has 1 saturated heterocycles. The van der Waals surface area contributed by atoms with Gasteiger partial charge in [0.25, 0.3) is 0 Å². The van der Waals surface area contributed by atoms with Crippen LogP contribution in [0.3, 0.4) is 0 Å². The number of carbonyl (C=O) groups is 2. The van der Waals surface area contributed by atoms with Crippen LogP contribution in [0, 0.1) is 5.41 Å². The number of carbonyl (C=O) groups excluding carboxylic acids is 2. The van der Waals surface area contributed by atoms with Gasteiger partial charge in [0.1, 0.15) is 0 Å². The van der Waals surface area contributed by atoms with E-state index in [1.807, 2.05) is 30.3 Å². The number of hydrogen-bond acceptors (Lipinski definition) is 4. The summed E-state index contributed by atoms with van der Waals surface area (Å²) >= 11 is 0. The average Bonchev–Trinajstić information content (AvgIpc) is 2.92. The molecule has 24 heavy (non-hydrogen) atoms. The first kappa shape index (κ1) is 18.3. The maximum absolute atomic E-state index is 12.5. The van der Waals surface area contributed by atoms with Crippen LogP contribution in [0.1, 0.15) is 45.6 Å². The van der Waals surface area contributed by atoms with Crippen LogP contribution in [0.4, 0.5) is 4.79 Å². The Bertz CT molecular complexity index is 579. The molecule has 0 radical (unpaired) electrons. The number of amides is 1. The van der Waals surface area contributed by atoms with Crippen molar-refractivity contribution in [3.63, 3.8) is 0 Å². The minimum Gasteiger partial charge on any atom is -0.548 e. The van der Waals surface area contributed by atoms with E-state index in [-0.39, 0.29) is 18.4 Å². The summed E-state index contributed by atoms with van der Waals surface area (Å²) < 4.78 is 5.34. The van der Waals surface area contributed by atoms with Crippen LogP contribution in [0.25, 0.3) is 0 Å². The molecule has 1 atom stereocenters. The highest BCUT2D eigenvalue weighted by atomic mass is 16.6. The smallest absolute Gasteiger partial charge is 0.410 e. The van der Waals surface area contributed by atoms with E-state index < -0.39 is 17.6 Å². The van der Waals surface area contributed by atoms with Gasteiger partial charge in [0.15, 0.2) is 0 Å². The van der Waals surface area contributed by atoms with Crippen molar-refractivity contribution in [2.45, 2.75) is 52.0 Å². The fraction of sp³-hybridized carbons (Fsp3) is 0.579. The summed E-state index contributed by atoms with van der Waals surface area (Å²) in [7, 11) is 0. The molecule has 1 amide bonds. The lowest BCUT2D eigenvalue weighted by molar-refractivity contribution is -0.317. The zero-order valence-electron chi connectivity index (χ0n) is 14.7. The lowest BCUT2D eigenvalue weighted by Crippen LogP contribution is -2.60. The number of hydrogen-bond donors (Lipinski definition) is 0. The molecule has 0 aromatic heterocycles. The summed E-state index contributed by atoms with van der Waals surface area (Å²) in [5.74, 6) is -1.21. The fourth-order valence-electron chi connectivity index (χ4n) is 3.07. The second-order valence-electron chi connectivity index (χ2n) is 7.66. The molecule has 0 unspecified atom stereocenters. The molecule has 132 valence electrons. The number of likely N-dealkylation sites (tertiary alicyclic amines) is 1. The highest BCUT2D eigenvalue weighted by molar-refractivity contribution is 5.84. The molecule has 1 fully saturated rings. The molecule has 5 nitrogen and oxygen atoms in total. The van der Waals surface area contributed by atoms with Gasteiger partial charge in [-0.3, -0.25) is 4.90 Å². The van der Waals surface area contributed by atoms with Crippen LogP contribution in [0.5, 0.6) is 0 Å². The van der Waals surface area contributed by atoms with E-state index in [0.29, 0.717) is 19.4 Å². The van der Waals surface area contributed by atoms with Crippen molar-refractivity contribution in [3.8, 4) is 0 Å². The summed E-state index contributed by atoms with van der Waals surface area (Å²) in [5, 5.41) is 11.9. The number of rotatable bonds is 5. The molecule has 1 aromatic rings. The van der Waals surface area contributed by atoms with Crippen molar-refractivity contribution >= 4 is 12.1 Å². The summed E-state index contributed by atoms with van der Waals surface area (Å²) in [6.07, 6.45) is 1.43. The van der Waals surface area contributed by atoms with Gasteiger partial charge in [0.05, 0.1) is 18.1 Å². The number of benzene rings is 1. The molecule has 5 heteroatoms. The van der Waals surface area contributed by atoms with Crippen LogP contribution in [-0.2, 0) is 16.0 Å². The van der Waals surface area contributed by atoms with E-state index >= 15 is 0 Å². The normalized spacial score (nSPS) is 20.9. The second kappa shape index (κ2) is 7.24. The molecule has 0 N–H and O–H groups in total. The van der Waals surface area contributed by atoms with Gasteiger partial charge in [-0.25, -0.2) is 4.79 Å². The number of carboxylic acid groups (broad SMARTS) is 1. The lowest BCUT2D eigenvalue weighted by atomic mass is 9.88. The van der Waals surface area contributed by atoms with E-state index in [2.05, 4.69) is 20.8 Å². The number of aliphatic carboxylic acids is 1. The predicted octanol–water partition coefficient (Wildman–Crippen LogP) is 2.39. The highest BCUT2D eigenvalue weighted by Gasteiger charge is 2.45. The van der Waals surface area contributed by atoms with E-state index in [4.69, 9.17) is 4.74 Å². The Kier molecular flexibility index (Phi) is 5.52. The average molecular weight is 332 g/mol. The molecular formula is C19H26NO4-.